The van der Waals surface area contributed by atoms with Crippen LogP contribution in [0.25, 0.3) is 11.1 Å². The summed E-state index contributed by atoms with van der Waals surface area (Å²) in [7, 11) is 0. The summed E-state index contributed by atoms with van der Waals surface area (Å²) in [5.41, 5.74) is 8.26. The van der Waals surface area contributed by atoms with Crippen LogP contribution in [-0.2, 0) is 16.1 Å². The third kappa shape index (κ3) is 4.06. The molecule has 1 aliphatic rings. The molecule has 1 aliphatic heterocycles. The van der Waals surface area contributed by atoms with Gasteiger partial charge in [-0.1, -0.05) is 18.2 Å². The van der Waals surface area contributed by atoms with Crippen LogP contribution in [0.2, 0.25) is 0 Å². The average Bonchev–Trinajstić information content (AvgIpc) is 2.67. The van der Waals surface area contributed by atoms with Crippen molar-refractivity contribution in [1.29, 1.82) is 0 Å². The number of nitrogens with one attached hydrogen (secondary N) is 1. The monoisotopic (exact) mass is 327 g/mol. The van der Waals surface area contributed by atoms with Gasteiger partial charge >= 0.3 is 0 Å². The van der Waals surface area contributed by atoms with E-state index in [0.717, 1.165) is 35.7 Å². The lowest BCUT2D eigenvalue weighted by atomic mass is 10.1. The Kier molecular flexibility index (Phi) is 5.35. The van der Waals surface area contributed by atoms with E-state index in [1.165, 1.54) is 0 Å². The quantitative estimate of drug-likeness (QED) is 0.833. The molecular weight excluding hydrogens is 306 g/mol. The summed E-state index contributed by atoms with van der Waals surface area (Å²) in [4.78, 5) is 22.3. The molecule has 7 nitrogen and oxygen atoms in total. The number of aromatic nitrogens is 2. The van der Waals surface area contributed by atoms with Crippen molar-refractivity contribution in [2.24, 2.45) is 5.73 Å². The molecule has 0 bridgehead atoms. The minimum Gasteiger partial charge on any atom is -0.378 e. The molecule has 0 atom stereocenters. The zero-order chi connectivity index (χ0) is 16.8. The highest BCUT2D eigenvalue weighted by molar-refractivity contribution is 5.77. The number of morpholine rings is 1. The van der Waals surface area contributed by atoms with E-state index in [1.807, 2.05) is 36.7 Å². The number of hydrogen-bond donors (Lipinski definition) is 2. The number of rotatable bonds is 5. The number of anilines is 1. The van der Waals surface area contributed by atoms with Gasteiger partial charge in [-0.3, -0.25) is 4.79 Å². The molecule has 1 aromatic heterocycles. The maximum atomic E-state index is 11.3. The van der Waals surface area contributed by atoms with Crippen LogP contribution in [0.1, 0.15) is 5.56 Å². The van der Waals surface area contributed by atoms with Crippen molar-refractivity contribution in [1.82, 2.24) is 15.3 Å². The predicted molar refractivity (Wildman–Crippen MR) is 91.4 cm³/mol. The summed E-state index contributed by atoms with van der Waals surface area (Å²) in [6, 6.07) is 7.93. The number of benzene rings is 1. The first-order chi connectivity index (χ1) is 11.8. The van der Waals surface area contributed by atoms with Crippen molar-refractivity contribution < 1.29 is 9.53 Å². The van der Waals surface area contributed by atoms with Crippen molar-refractivity contribution in [3.05, 3.63) is 42.2 Å². The fourth-order valence-corrected chi connectivity index (χ4v) is 2.53. The van der Waals surface area contributed by atoms with E-state index in [-0.39, 0.29) is 12.5 Å². The Labute approximate surface area is 140 Å². The molecule has 0 saturated carbocycles. The van der Waals surface area contributed by atoms with Gasteiger partial charge in [-0.25, -0.2) is 9.97 Å². The summed E-state index contributed by atoms with van der Waals surface area (Å²) >= 11 is 0. The Bertz CT molecular complexity index is 684. The molecule has 1 aromatic carbocycles. The smallest absolute Gasteiger partial charge is 0.234 e. The van der Waals surface area contributed by atoms with Crippen LogP contribution in [0.3, 0.4) is 0 Å². The van der Waals surface area contributed by atoms with Gasteiger partial charge < -0.3 is 20.7 Å². The second kappa shape index (κ2) is 7.85. The summed E-state index contributed by atoms with van der Waals surface area (Å²) in [5.74, 6) is 0.562. The van der Waals surface area contributed by atoms with E-state index in [0.29, 0.717) is 19.8 Å². The molecule has 126 valence electrons. The molecule has 0 aliphatic carbocycles. The molecule has 3 N–H and O–H groups in total. The van der Waals surface area contributed by atoms with Crippen molar-refractivity contribution in [2.45, 2.75) is 6.54 Å². The topological polar surface area (TPSA) is 93.4 Å². The first-order valence-electron chi connectivity index (χ1n) is 7.97. The van der Waals surface area contributed by atoms with Gasteiger partial charge in [0.25, 0.3) is 0 Å². The minimum absolute atomic E-state index is 0.00344. The van der Waals surface area contributed by atoms with Gasteiger partial charge in [0.05, 0.1) is 19.8 Å². The Hall–Kier alpha value is -2.51. The largest absolute Gasteiger partial charge is 0.378 e. The predicted octanol–water partition coefficient (Wildman–Crippen LogP) is 0.555. The number of hydrogen-bond acceptors (Lipinski definition) is 6. The third-order valence-corrected chi connectivity index (χ3v) is 3.87. The summed E-state index contributed by atoms with van der Waals surface area (Å²) in [5, 5.41) is 2.77. The highest BCUT2D eigenvalue weighted by Crippen LogP contribution is 2.20. The summed E-state index contributed by atoms with van der Waals surface area (Å²) < 4.78 is 5.34. The molecule has 1 saturated heterocycles. The van der Waals surface area contributed by atoms with Crippen molar-refractivity contribution >= 4 is 11.9 Å². The maximum Gasteiger partial charge on any atom is 0.234 e. The van der Waals surface area contributed by atoms with Crippen LogP contribution < -0.4 is 16.0 Å². The van der Waals surface area contributed by atoms with Crippen molar-refractivity contribution in [2.75, 3.05) is 37.7 Å². The lowest BCUT2D eigenvalue weighted by Gasteiger charge is -2.26. The van der Waals surface area contributed by atoms with E-state index < -0.39 is 0 Å². The Morgan fingerprint density at radius 3 is 2.67 bits per heavy atom. The number of nitrogens with two attached hydrogens (primary N) is 1. The lowest BCUT2D eigenvalue weighted by molar-refractivity contribution is -0.119. The van der Waals surface area contributed by atoms with Crippen LogP contribution in [0.15, 0.2) is 36.7 Å². The van der Waals surface area contributed by atoms with Crippen LogP contribution >= 0.6 is 0 Å². The number of nitrogens with zero attached hydrogens (tertiary/aromatic N) is 3. The molecule has 0 radical (unpaired) electrons. The van der Waals surface area contributed by atoms with E-state index in [4.69, 9.17) is 10.5 Å². The van der Waals surface area contributed by atoms with Gasteiger partial charge in [-0.2, -0.15) is 0 Å². The second-order valence-corrected chi connectivity index (χ2v) is 5.55. The fraction of sp³-hybridized carbons (Fsp3) is 0.353. The standard InChI is InChI=1S/C17H21N5O2/c18-9-16(23)19-10-13-2-1-3-14(8-13)15-11-20-17(21-12-15)22-4-6-24-7-5-22/h1-3,8,11-12H,4-7,9-10,18H2,(H,19,23). The van der Waals surface area contributed by atoms with E-state index >= 15 is 0 Å². The van der Waals surface area contributed by atoms with Gasteiger partial charge in [-0.15, -0.1) is 0 Å². The van der Waals surface area contributed by atoms with Gasteiger partial charge in [0.2, 0.25) is 11.9 Å². The molecular formula is C17H21N5O2. The Morgan fingerprint density at radius 2 is 1.96 bits per heavy atom. The zero-order valence-electron chi connectivity index (χ0n) is 13.4. The van der Waals surface area contributed by atoms with Crippen LogP contribution in [0.4, 0.5) is 5.95 Å². The molecule has 0 unspecified atom stereocenters. The molecule has 2 aromatic rings. The van der Waals surface area contributed by atoms with Crippen molar-refractivity contribution in [3.63, 3.8) is 0 Å². The van der Waals surface area contributed by atoms with E-state index in [1.54, 1.807) is 0 Å². The van der Waals surface area contributed by atoms with Crippen LogP contribution in [-0.4, -0.2) is 48.7 Å². The SMILES string of the molecule is NCC(=O)NCc1cccc(-c2cnc(N3CCOCC3)nc2)c1. The van der Waals surface area contributed by atoms with Gasteiger partial charge in [0.15, 0.2) is 0 Å². The maximum absolute atomic E-state index is 11.3. The van der Waals surface area contributed by atoms with Gasteiger partial charge in [0, 0.05) is 37.6 Å². The highest BCUT2D eigenvalue weighted by atomic mass is 16.5. The lowest BCUT2D eigenvalue weighted by Crippen LogP contribution is -2.37. The highest BCUT2D eigenvalue weighted by Gasteiger charge is 2.13. The second-order valence-electron chi connectivity index (χ2n) is 5.55. The zero-order valence-corrected chi connectivity index (χ0v) is 13.4. The Morgan fingerprint density at radius 1 is 1.21 bits per heavy atom. The average molecular weight is 327 g/mol. The minimum atomic E-state index is -0.168. The number of amides is 1. The van der Waals surface area contributed by atoms with E-state index in [9.17, 15) is 4.79 Å². The fourth-order valence-electron chi connectivity index (χ4n) is 2.53. The number of carbonyl (C=O) groups is 1. The number of carbonyl (C=O) groups excluding carboxylic acids is 1. The molecule has 24 heavy (non-hydrogen) atoms. The Balaban J connectivity index is 1.70. The molecule has 7 heteroatoms. The summed E-state index contributed by atoms with van der Waals surface area (Å²) in [6.07, 6.45) is 3.66. The third-order valence-electron chi connectivity index (χ3n) is 3.87. The van der Waals surface area contributed by atoms with Crippen LogP contribution in [0, 0.1) is 0 Å². The summed E-state index contributed by atoms with van der Waals surface area (Å²) in [6.45, 7) is 3.50. The molecule has 3 rings (SSSR count). The first-order valence-corrected chi connectivity index (χ1v) is 7.97. The number of ether oxygens (including phenoxy) is 1. The van der Waals surface area contributed by atoms with Gasteiger partial charge in [0.1, 0.15) is 0 Å². The molecule has 1 fully saturated rings. The normalized spacial score (nSPS) is 14.5. The van der Waals surface area contributed by atoms with Crippen LogP contribution in [0.5, 0.6) is 0 Å². The van der Waals surface area contributed by atoms with Gasteiger partial charge in [-0.05, 0) is 17.2 Å². The first kappa shape index (κ1) is 16.4. The van der Waals surface area contributed by atoms with Crippen molar-refractivity contribution in [3.8, 4) is 11.1 Å². The molecule has 1 amide bonds. The molecule has 0 spiro atoms. The van der Waals surface area contributed by atoms with E-state index in [2.05, 4.69) is 20.2 Å². The molecule has 2 heterocycles.